The number of carboxylic acids is 1. The second kappa shape index (κ2) is 8.57. The van der Waals surface area contributed by atoms with Gasteiger partial charge in [0.15, 0.2) is 6.61 Å². The van der Waals surface area contributed by atoms with Gasteiger partial charge in [-0.25, -0.2) is 9.78 Å². The Morgan fingerprint density at radius 2 is 2.09 bits per heavy atom. The van der Waals surface area contributed by atoms with Crippen molar-refractivity contribution in [2.75, 3.05) is 6.61 Å². The molecule has 3 aliphatic rings. The average Bonchev–Trinajstić information content (AvgIpc) is 3.08. The van der Waals surface area contributed by atoms with E-state index in [9.17, 15) is 9.59 Å². The largest absolute Gasteiger partial charge is 0.482 e. The zero-order valence-electron chi connectivity index (χ0n) is 18.3. The van der Waals surface area contributed by atoms with Gasteiger partial charge in [0.2, 0.25) is 0 Å². The number of carbonyl (C=O) groups excluding carboxylic acids is 1. The van der Waals surface area contributed by atoms with Gasteiger partial charge < -0.3 is 14.6 Å². The van der Waals surface area contributed by atoms with Crippen LogP contribution >= 0.6 is 0 Å². The second-order valence-corrected chi connectivity index (χ2v) is 9.48. The number of hydrogen-bond acceptors (Lipinski definition) is 5. The van der Waals surface area contributed by atoms with Gasteiger partial charge in [-0.05, 0) is 67.9 Å². The Labute approximate surface area is 187 Å². The molecule has 0 spiro atoms. The van der Waals surface area contributed by atoms with Crippen LogP contribution in [-0.2, 0) is 14.3 Å². The molecule has 1 saturated heterocycles. The molecular weight excluding hydrogens is 406 g/mol. The van der Waals surface area contributed by atoms with Gasteiger partial charge in [0, 0.05) is 11.3 Å². The van der Waals surface area contributed by atoms with Gasteiger partial charge in [0.1, 0.15) is 11.9 Å². The predicted molar refractivity (Wildman–Crippen MR) is 120 cm³/mol. The van der Waals surface area contributed by atoms with Crippen molar-refractivity contribution in [3.05, 3.63) is 42.1 Å². The number of fused-ring (bicyclic) bond motifs is 3. The van der Waals surface area contributed by atoms with Crippen molar-refractivity contribution in [2.24, 2.45) is 29.6 Å². The summed E-state index contributed by atoms with van der Waals surface area (Å²) in [5.41, 5.74) is 1.71. The first kappa shape index (κ1) is 21.0. The molecule has 168 valence electrons. The average molecular weight is 436 g/mol. The molecule has 5 rings (SSSR count). The molecule has 1 N–H and O–H groups in total. The number of nitrogens with zero attached hydrogens (tertiary/aromatic N) is 1. The van der Waals surface area contributed by atoms with E-state index in [-0.39, 0.29) is 30.5 Å². The highest BCUT2D eigenvalue weighted by molar-refractivity contribution is 5.81. The fourth-order valence-corrected chi connectivity index (χ4v) is 6.24. The third kappa shape index (κ3) is 3.98. The Balaban J connectivity index is 1.39. The third-order valence-corrected chi connectivity index (χ3v) is 7.61. The highest BCUT2D eigenvalue weighted by Gasteiger charge is 2.53. The molecule has 1 aliphatic heterocycles. The first-order valence-electron chi connectivity index (χ1n) is 11.6. The van der Waals surface area contributed by atoms with Crippen LogP contribution in [0.15, 0.2) is 36.4 Å². The first-order chi connectivity index (χ1) is 15.5. The minimum Gasteiger partial charge on any atom is -0.482 e. The summed E-state index contributed by atoms with van der Waals surface area (Å²) in [6.45, 7) is 1.68. The van der Waals surface area contributed by atoms with Crippen molar-refractivity contribution >= 4 is 28.9 Å². The molecular formula is C26H29NO5. The lowest BCUT2D eigenvalue weighted by Crippen LogP contribution is -2.42. The van der Waals surface area contributed by atoms with Crippen molar-refractivity contribution in [2.45, 2.75) is 45.1 Å². The van der Waals surface area contributed by atoms with Gasteiger partial charge in [-0.15, -0.1) is 0 Å². The number of allylic oxidation sites excluding steroid dienone is 1. The van der Waals surface area contributed by atoms with Crippen LogP contribution in [0.4, 0.5) is 0 Å². The Morgan fingerprint density at radius 3 is 2.94 bits per heavy atom. The summed E-state index contributed by atoms with van der Waals surface area (Å²) in [7, 11) is 0. The molecule has 0 amide bonds. The zero-order chi connectivity index (χ0) is 22.2. The maximum absolute atomic E-state index is 12.5. The van der Waals surface area contributed by atoms with E-state index in [4.69, 9.17) is 19.6 Å². The number of hydrogen-bond donors (Lipinski definition) is 1. The number of cyclic esters (lactones) is 1. The quantitative estimate of drug-likeness (QED) is 0.684. The van der Waals surface area contributed by atoms with Gasteiger partial charge in [-0.2, -0.15) is 0 Å². The lowest BCUT2D eigenvalue weighted by Gasteiger charge is -2.45. The van der Waals surface area contributed by atoms with Crippen LogP contribution < -0.4 is 4.74 Å². The van der Waals surface area contributed by atoms with E-state index in [1.54, 1.807) is 12.1 Å². The number of pyridine rings is 1. The molecule has 2 aromatic rings. The van der Waals surface area contributed by atoms with Crippen LogP contribution in [0.5, 0.6) is 5.75 Å². The number of rotatable bonds is 5. The fraction of sp³-hybridized carbons (Fsp3) is 0.500. The summed E-state index contributed by atoms with van der Waals surface area (Å²) in [5, 5.41) is 9.68. The molecule has 0 radical (unpaired) electrons. The summed E-state index contributed by atoms with van der Waals surface area (Å²) >= 11 is 0. The minimum atomic E-state index is -1.00. The molecule has 6 nitrogen and oxygen atoms in total. The van der Waals surface area contributed by atoms with E-state index in [1.807, 2.05) is 25.1 Å². The van der Waals surface area contributed by atoms with Gasteiger partial charge in [-0.3, -0.25) is 4.79 Å². The molecule has 2 saturated carbocycles. The van der Waals surface area contributed by atoms with Gasteiger partial charge in [-0.1, -0.05) is 31.4 Å². The van der Waals surface area contributed by atoms with E-state index in [0.717, 1.165) is 23.0 Å². The Morgan fingerprint density at radius 1 is 1.25 bits per heavy atom. The van der Waals surface area contributed by atoms with Crippen LogP contribution in [0.1, 0.15) is 44.7 Å². The van der Waals surface area contributed by atoms with Crippen molar-refractivity contribution in [1.82, 2.24) is 4.98 Å². The normalized spacial score (nSPS) is 31.8. The summed E-state index contributed by atoms with van der Waals surface area (Å²) in [6.07, 6.45) is 10.3. The van der Waals surface area contributed by atoms with Crippen molar-refractivity contribution < 1.29 is 24.2 Å². The maximum atomic E-state index is 12.5. The van der Waals surface area contributed by atoms with E-state index in [0.29, 0.717) is 23.5 Å². The maximum Gasteiger partial charge on any atom is 0.341 e. The van der Waals surface area contributed by atoms with Crippen molar-refractivity contribution in [1.29, 1.82) is 0 Å². The molecule has 6 heteroatoms. The zero-order valence-corrected chi connectivity index (χ0v) is 18.3. The third-order valence-electron chi connectivity index (χ3n) is 7.61. The number of carboxylic acid groups (broad SMARTS) is 1. The summed E-state index contributed by atoms with van der Waals surface area (Å²) in [5.74, 6) is 1.37. The minimum absolute atomic E-state index is 0.00493. The van der Waals surface area contributed by atoms with E-state index >= 15 is 0 Å². The van der Waals surface area contributed by atoms with Crippen LogP contribution in [0.3, 0.4) is 0 Å². The molecule has 2 aliphatic carbocycles. The number of carbonyl (C=O) groups is 2. The number of esters is 1. The number of benzene rings is 1. The van der Waals surface area contributed by atoms with Gasteiger partial charge >= 0.3 is 11.9 Å². The Kier molecular flexibility index (Phi) is 5.62. The van der Waals surface area contributed by atoms with E-state index in [1.165, 1.54) is 25.7 Å². The summed E-state index contributed by atoms with van der Waals surface area (Å²) < 4.78 is 10.9. The van der Waals surface area contributed by atoms with Crippen LogP contribution in [0.2, 0.25) is 0 Å². The molecule has 0 bridgehead atoms. The summed E-state index contributed by atoms with van der Waals surface area (Å²) in [6, 6.07) is 9.35. The van der Waals surface area contributed by atoms with Crippen molar-refractivity contribution in [3.63, 3.8) is 0 Å². The SMILES string of the molecule is C[C@H]1OC(=O)[C@@H]2C[C@@H]3CCCCC3C(C=Cc3ccc4cc(OCC(=O)O)ccc4n3)[C@H]12. The lowest BCUT2D eigenvalue weighted by atomic mass is 9.57. The summed E-state index contributed by atoms with van der Waals surface area (Å²) in [4.78, 5) is 27.9. The predicted octanol–water partition coefficient (Wildman–Crippen LogP) is 4.72. The lowest BCUT2D eigenvalue weighted by molar-refractivity contribution is -0.144. The molecule has 2 heterocycles. The monoisotopic (exact) mass is 435 g/mol. The number of ether oxygens (including phenoxy) is 2. The topological polar surface area (TPSA) is 85.7 Å². The van der Waals surface area contributed by atoms with Crippen LogP contribution in [0.25, 0.3) is 17.0 Å². The molecule has 3 fully saturated rings. The molecule has 32 heavy (non-hydrogen) atoms. The van der Waals surface area contributed by atoms with E-state index in [2.05, 4.69) is 12.2 Å². The molecule has 2 unspecified atom stereocenters. The number of aromatic nitrogens is 1. The Hall–Kier alpha value is -2.89. The van der Waals surface area contributed by atoms with Crippen LogP contribution in [0, 0.1) is 29.6 Å². The molecule has 1 aromatic heterocycles. The van der Waals surface area contributed by atoms with Gasteiger partial charge in [0.25, 0.3) is 0 Å². The smallest absolute Gasteiger partial charge is 0.341 e. The fourth-order valence-electron chi connectivity index (χ4n) is 6.24. The standard InChI is InChI=1S/C26H29NO5/c1-15-25-21(20-5-3-2-4-16(20)13-22(25)26(30)32-15)10-8-18-7-6-17-12-19(31-14-24(28)29)9-11-23(17)27-18/h6-12,15-16,20-22,25H,2-5,13-14H2,1H3,(H,28,29)/t15-,16+,20?,21?,22-,25+/m1/s1. The van der Waals surface area contributed by atoms with Crippen LogP contribution in [-0.4, -0.2) is 34.7 Å². The molecule has 1 aromatic carbocycles. The number of aliphatic carboxylic acids is 1. The second-order valence-electron chi connectivity index (χ2n) is 9.48. The van der Waals surface area contributed by atoms with E-state index < -0.39 is 5.97 Å². The first-order valence-corrected chi connectivity index (χ1v) is 11.6. The highest BCUT2D eigenvalue weighted by atomic mass is 16.6. The Bertz CT molecular complexity index is 1060. The highest BCUT2D eigenvalue weighted by Crippen LogP contribution is 2.53. The van der Waals surface area contributed by atoms with Crippen molar-refractivity contribution in [3.8, 4) is 5.75 Å². The van der Waals surface area contributed by atoms with Gasteiger partial charge in [0.05, 0.1) is 17.1 Å². The molecule has 6 atom stereocenters.